The van der Waals surface area contributed by atoms with Crippen LogP contribution in [-0.4, -0.2) is 58.2 Å². The second-order valence-corrected chi connectivity index (χ2v) is 10.5. The topological polar surface area (TPSA) is 110 Å². The van der Waals surface area contributed by atoms with Crippen molar-refractivity contribution in [3.8, 4) is 0 Å². The summed E-state index contributed by atoms with van der Waals surface area (Å²) in [6, 6.07) is 4.67. The molecule has 0 aliphatic heterocycles. The zero-order chi connectivity index (χ0) is 21.1. The van der Waals surface area contributed by atoms with Gasteiger partial charge in [-0.3, -0.25) is 4.79 Å². The van der Waals surface area contributed by atoms with Crippen molar-refractivity contribution in [2.45, 2.75) is 49.5 Å². The molecule has 0 radical (unpaired) electrons. The van der Waals surface area contributed by atoms with Crippen LogP contribution >= 0.6 is 11.8 Å². The van der Waals surface area contributed by atoms with Gasteiger partial charge < -0.3 is 5.32 Å². The van der Waals surface area contributed by atoms with Gasteiger partial charge in [-0.05, 0) is 47.9 Å². The van der Waals surface area contributed by atoms with Gasteiger partial charge in [0.05, 0.1) is 10.1 Å². The maximum atomic E-state index is 12.6. The Morgan fingerprint density at radius 3 is 2.57 bits per heavy atom. The van der Waals surface area contributed by atoms with Gasteiger partial charge in [-0.25, -0.2) is 17.4 Å². The monoisotopic (exact) mass is 426 g/mol. The standard InChI is InChI=1S/C17H26N6O3S2/c1-11(2)10-23-17(19-20-21-23)27-13(4)16(24)18-15-9-14(8-7-12(15)3)28(25,26)22(5)6/h7-9,11,13H,10H2,1-6H3,(H,18,24). The maximum Gasteiger partial charge on any atom is 0.242 e. The first kappa shape index (κ1) is 22.3. The zero-order valence-electron chi connectivity index (χ0n) is 16.9. The normalized spacial score (nSPS) is 13.1. The SMILES string of the molecule is Cc1ccc(S(=O)(=O)N(C)C)cc1NC(=O)C(C)Sc1nnnn1CC(C)C. The predicted molar refractivity (Wildman–Crippen MR) is 109 cm³/mol. The maximum absolute atomic E-state index is 12.6. The number of hydrogen-bond acceptors (Lipinski definition) is 7. The smallest absolute Gasteiger partial charge is 0.242 e. The Balaban J connectivity index is 2.15. The Morgan fingerprint density at radius 1 is 1.29 bits per heavy atom. The van der Waals surface area contributed by atoms with Crippen molar-refractivity contribution in [1.82, 2.24) is 24.5 Å². The summed E-state index contributed by atoms with van der Waals surface area (Å²) in [4.78, 5) is 12.8. The molecule has 1 atom stereocenters. The molecule has 1 aromatic carbocycles. The molecule has 0 saturated heterocycles. The highest BCUT2D eigenvalue weighted by molar-refractivity contribution is 8.00. The van der Waals surface area contributed by atoms with E-state index >= 15 is 0 Å². The van der Waals surface area contributed by atoms with E-state index < -0.39 is 15.3 Å². The van der Waals surface area contributed by atoms with Gasteiger partial charge in [0, 0.05) is 26.3 Å². The van der Waals surface area contributed by atoms with E-state index in [0.717, 1.165) is 9.87 Å². The highest BCUT2D eigenvalue weighted by Crippen LogP contribution is 2.25. The first-order valence-electron chi connectivity index (χ1n) is 8.79. The van der Waals surface area contributed by atoms with E-state index in [1.54, 1.807) is 17.7 Å². The average molecular weight is 427 g/mol. The summed E-state index contributed by atoms with van der Waals surface area (Å²) in [6.45, 7) is 8.34. The average Bonchev–Trinajstić information content (AvgIpc) is 3.02. The van der Waals surface area contributed by atoms with Gasteiger partial charge in [0.2, 0.25) is 21.1 Å². The molecule has 0 bridgehead atoms. The van der Waals surface area contributed by atoms with Crippen LogP contribution in [0.15, 0.2) is 28.3 Å². The lowest BCUT2D eigenvalue weighted by Gasteiger charge is -2.16. The number of sulfonamides is 1. The van der Waals surface area contributed by atoms with Gasteiger partial charge in [-0.2, -0.15) is 0 Å². The Labute approximate surface area is 169 Å². The fourth-order valence-electron chi connectivity index (χ4n) is 2.29. The van der Waals surface area contributed by atoms with Crippen LogP contribution < -0.4 is 5.32 Å². The number of thioether (sulfide) groups is 1. The summed E-state index contributed by atoms with van der Waals surface area (Å²) in [5.74, 6) is 0.114. The van der Waals surface area contributed by atoms with Crippen LogP contribution in [0.5, 0.6) is 0 Å². The van der Waals surface area contributed by atoms with Crippen molar-refractivity contribution in [1.29, 1.82) is 0 Å². The first-order chi connectivity index (χ1) is 13.0. The number of carbonyl (C=O) groups excluding carboxylic acids is 1. The molecule has 1 amide bonds. The predicted octanol–water partition coefficient (Wildman–Crippen LogP) is 2.01. The lowest BCUT2D eigenvalue weighted by atomic mass is 10.2. The molecule has 1 heterocycles. The van der Waals surface area contributed by atoms with Crippen LogP contribution in [0.2, 0.25) is 0 Å². The molecule has 154 valence electrons. The van der Waals surface area contributed by atoms with Crippen molar-refractivity contribution in [3.05, 3.63) is 23.8 Å². The molecule has 0 spiro atoms. The number of aromatic nitrogens is 4. The minimum Gasteiger partial charge on any atom is -0.325 e. The number of tetrazole rings is 1. The molecule has 28 heavy (non-hydrogen) atoms. The molecule has 0 aliphatic rings. The zero-order valence-corrected chi connectivity index (χ0v) is 18.5. The highest BCUT2D eigenvalue weighted by atomic mass is 32.2. The van der Waals surface area contributed by atoms with E-state index in [-0.39, 0.29) is 10.8 Å². The molecule has 0 saturated carbocycles. The molecule has 1 N–H and O–H groups in total. The van der Waals surface area contributed by atoms with E-state index in [9.17, 15) is 13.2 Å². The summed E-state index contributed by atoms with van der Waals surface area (Å²) < 4.78 is 27.5. The minimum atomic E-state index is -3.58. The summed E-state index contributed by atoms with van der Waals surface area (Å²) >= 11 is 1.26. The highest BCUT2D eigenvalue weighted by Gasteiger charge is 2.22. The number of nitrogens with one attached hydrogen (secondary N) is 1. The van der Waals surface area contributed by atoms with Crippen LogP contribution in [0.25, 0.3) is 0 Å². The Hall–Kier alpha value is -1.98. The lowest BCUT2D eigenvalue weighted by molar-refractivity contribution is -0.115. The Bertz CT molecular complexity index is 940. The molecule has 9 nitrogen and oxygen atoms in total. The lowest BCUT2D eigenvalue weighted by Crippen LogP contribution is -2.25. The number of anilines is 1. The van der Waals surface area contributed by atoms with E-state index in [0.29, 0.717) is 23.3 Å². The van der Waals surface area contributed by atoms with Gasteiger partial charge in [0.1, 0.15) is 0 Å². The second kappa shape index (κ2) is 9.01. The molecule has 0 aliphatic carbocycles. The third-order valence-electron chi connectivity index (χ3n) is 3.93. The van der Waals surface area contributed by atoms with Crippen LogP contribution in [0, 0.1) is 12.8 Å². The van der Waals surface area contributed by atoms with Crippen LogP contribution in [-0.2, 0) is 21.4 Å². The number of hydrogen-bond donors (Lipinski definition) is 1. The number of nitrogens with zero attached hydrogens (tertiary/aromatic N) is 5. The van der Waals surface area contributed by atoms with E-state index in [4.69, 9.17) is 0 Å². The molecule has 0 fully saturated rings. The Morgan fingerprint density at radius 2 is 1.96 bits per heavy atom. The molecule has 1 aromatic heterocycles. The van der Waals surface area contributed by atoms with Crippen LogP contribution in [0.4, 0.5) is 5.69 Å². The number of aryl methyl sites for hydroxylation is 1. The van der Waals surface area contributed by atoms with Gasteiger partial charge in [0.15, 0.2) is 0 Å². The number of rotatable bonds is 8. The molecular formula is C17H26N6O3S2. The largest absolute Gasteiger partial charge is 0.325 e. The summed E-state index contributed by atoms with van der Waals surface area (Å²) in [7, 11) is -0.652. The van der Waals surface area contributed by atoms with Crippen LogP contribution in [0.3, 0.4) is 0 Å². The first-order valence-corrected chi connectivity index (χ1v) is 11.1. The third kappa shape index (κ3) is 5.30. The fourth-order valence-corrected chi connectivity index (χ4v) is 4.02. The number of carbonyl (C=O) groups is 1. The minimum absolute atomic E-state index is 0.125. The van der Waals surface area contributed by atoms with Crippen molar-refractivity contribution >= 4 is 33.4 Å². The van der Waals surface area contributed by atoms with Gasteiger partial charge in [-0.15, -0.1) is 5.10 Å². The molecule has 1 unspecified atom stereocenters. The van der Waals surface area contributed by atoms with Gasteiger partial charge in [-0.1, -0.05) is 31.7 Å². The molecule has 2 rings (SSSR count). The molecule has 2 aromatic rings. The van der Waals surface area contributed by atoms with Crippen molar-refractivity contribution in [2.24, 2.45) is 5.92 Å². The van der Waals surface area contributed by atoms with Gasteiger partial charge >= 0.3 is 0 Å². The fraction of sp³-hybridized carbons (Fsp3) is 0.529. The number of amides is 1. The van der Waals surface area contributed by atoms with E-state index in [1.165, 1.54) is 38.0 Å². The van der Waals surface area contributed by atoms with Crippen molar-refractivity contribution in [2.75, 3.05) is 19.4 Å². The Kier molecular flexibility index (Phi) is 7.18. The van der Waals surface area contributed by atoms with Gasteiger partial charge in [0.25, 0.3) is 0 Å². The number of benzene rings is 1. The third-order valence-corrected chi connectivity index (χ3v) is 6.82. The molecular weight excluding hydrogens is 400 g/mol. The summed E-state index contributed by atoms with van der Waals surface area (Å²) in [5.41, 5.74) is 1.23. The van der Waals surface area contributed by atoms with Crippen molar-refractivity contribution < 1.29 is 13.2 Å². The van der Waals surface area contributed by atoms with Crippen LogP contribution in [0.1, 0.15) is 26.3 Å². The van der Waals surface area contributed by atoms with E-state index in [1.807, 2.05) is 6.92 Å². The quantitative estimate of drug-likeness (QED) is 0.643. The van der Waals surface area contributed by atoms with E-state index in [2.05, 4.69) is 34.7 Å². The summed E-state index contributed by atoms with van der Waals surface area (Å²) in [5, 5.41) is 14.5. The summed E-state index contributed by atoms with van der Waals surface area (Å²) in [6.07, 6.45) is 0. The second-order valence-electron chi connectivity index (χ2n) is 7.05. The van der Waals surface area contributed by atoms with Crippen molar-refractivity contribution in [3.63, 3.8) is 0 Å². The molecule has 11 heteroatoms.